The van der Waals surface area contributed by atoms with Crippen LogP contribution < -0.4 is 0 Å². The van der Waals surface area contributed by atoms with Crippen LogP contribution in [0.5, 0.6) is 0 Å². The first-order chi connectivity index (χ1) is 5.07. The van der Waals surface area contributed by atoms with Crippen LogP contribution in [-0.4, -0.2) is 46.7 Å². The van der Waals surface area contributed by atoms with Crippen LogP contribution in [0.3, 0.4) is 0 Å². The number of ether oxygens (including phenoxy) is 1. The van der Waals surface area contributed by atoms with E-state index in [1.165, 1.54) is 6.92 Å². The largest absolute Gasteiger partial charge is 0.461 e. The molecule has 0 aliphatic carbocycles. The van der Waals surface area contributed by atoms with E-state index in [1.54, 1.807) is 0 Å². The molecule has 0 radical (unpaired) electrons. The number of aliphatic hydroxyl groups excluding tert-OH is 3. The summed E-state index contributed by atoms with van der Waals surface area (Å²) in [6.45, 7) is 0.501. The highest BCUT2D eigenvalue weighted by atomic mass is 16.6. The van der Waals surface area contributed by atoms with Gasteiger partial charge in [-0.1, -0.05) is 0 Å². The van der Waals surface area contributed by atoms with Crippen molar-refractivity contribution in [1.82, 2.24) is 0 Å². The third-order valence-corrected chi connectivity index (χ3v) is 0.970. The first-order valence-electron chi connectivity index (χ1n) is 3.21. The lowest BCUT2D eigenvalue weighted by Crippen LogP contribution is -2.26. The van der Waals surface area contributed by atoms with Gasteiger partial charge in [0.05, 0.1) is 6.61 Å². The van der Waals surface area contributed by atoms with Gasteiger partial charge in [-0.25, -0.2) is 4.79 Å². The van der Waals surface area contributed by atoms with Crippen molar-refractivity contribution in [2.45, 2.75) is 19.1 Å². The fourth-order valence-electron chi connectivity index (χ4n) is 0.352. The highest BCUT2D eigenvalue weighted by Gasteiger charge is 2.12. The van der Waals surface area contributed by atoms with Gasteiger partial charge in [0, 0.05) is 0 Å². The molecule has 0 spiro atoms. The average molecular weight is 164 g/mol. The van der Waals surface area contributed by atoms with E-state index in [0.29, 0.717) is 0 Å². The molecule has 5 heteroatoms. The standard InChI is InChI=1S/C6H12O5/c1-4(8)6(10)11-3-5(9)2-7/h4-5,7-9H,2-3H2,1H3/t4-,5?/m0/s1. The van der Waals surface area contributed by atoms with Crippen LogP contribution in [0.15, 0.2) is 0 Å². The Balaban J connectivity index is 3.46. The molecule has 0 fully saturated rings. The zero-order valence-electron chi connectivity index (χ0n) is 6.23. The summed E-state index contributed by atoms with van der Waals surface area (Å²) in [7, 11) is 0. The Morgan fingerprint density at radius 3 is 2.45 bits per heavy atom. The summed E-state index contributed by atoms with van der Waals surface area (Å²) in [5.41, 5.74) is 0. The summed E-state index contributed by atoms with van der Waals surface area (Å²) in [6, 6.07) is 0. The number of esters is 1. The fraction of sp³-hybridized carbons (Fsp3) is 0.833. The maximum atomic E-state index is 10.5. The minimum atomic E-state index is -1.19. The zero-order valence-corrected chi connectivity index (χ0v) is 6.23. The predicted molar refractivity (Wildman–Crippen MR) is 35.7 cm³/mol. The Morgan fingerprint density at radius 1 is 1.55 bits per heavy atom. The van der Waals surface area contributed by atoms with E-state index in [2.05, 4.69) is 4.74 Å². The second-order valence-electron chi connectivity index (χ2n) is 2.14. The fourth-order valence-corrected chi connectivity index (χ4v) is 0.352. The monoisotopic (exact) mass is 164 g/mol. The van der Waals surface area contributed by atoms with E-state index in [-0.39, 0.29) is 6.61 Å². The van der Waals surface area contributed by atoms with Crippen molar-refractivity contribution in [3.63, 3.8) is 0 Å². The zero-order chi connectivity index (χ0) is 8.85. The summed E-state index contributed by atoms with van der Waals surface area (Å²) in [5.74, 6) is -0.808. The minimum Gasteiger partial charge on any atom is -0.461 e. The molecule has 0 aliphatic rings. The van der Waals surface area contributed by atoms with Gasteiger partial charge < -0.3 is 20.1 Å². The molecule has 0 saturated carbocycles. The lowest BCUT2D eigenvalue weighted by atomic mass is 10.4. The van der Waals surface area contributed by atoms with Gasteiger partial charge in [-0.3, -0.25) is 0 Å². The maximum absolute atomic E-state index is 10.5. The van der Waals surface area contributed by atoms with Gasteiger partial charge in [0.2, 0.25) is 0 Å². The van der Waals surface area contributed by atoms with Crippen LogP contribution in [0, 0.1) is 0 Å². The van der Waals surface area contributed by atoms with Crippen molar-refractivity contribution < 1.29 is 24.9 Å². The molecule has 0 aliphatic heterocycles. The van der Waals surface area contributed by atoms with Gasteiger partial charge in [-0.2, -0.15) is 0 Å². The number of rotatable bonds is 4. The van der Waals surface area contributed by atoms with Crippen LogP contribution in [0.2, 0.25) is 0 Å². The number of aliphatic hydroxyl groups is 3. The topological polar surface area (TPSA) is 87.0 Å². The van der Waals surface area contributed by atoms with Crippen LogP contribution in [0.4, 0.5) is 0 Å². The SMILES string of the molecule is C[C@H](O)C(=O)OCC(O)CO. The number of hydrogen-bond acceptors (Lipinski definition) is 5. The van der Waals surface area contributed by atoms with Crippen LogP contribution in [-0.2, 0) is 9.53 Å². The van der Waals surface area contributed by atoms with Crippen molar-refractivity contribution in [3.8, 4) is 0 Å². The molecule has 0 bridgehead atoms. The molecule has 0 heterocycles. The summed E-state index contributed by atoms with van der Waals surface area (Å²) >= 11 is 0. The van der Waals surface area contributed by atoms with Crippen molar-refractivity contribution in [1.29, 1.82) is 0 Å². The van der Waals surface area contributed by atoms with Gasteiger partial charge >= 0.3 is 5.97 Å². The van der Waals surface area contributed by atoms with Crippen molar-refractivity contribution >= 4 is 5.97 Å². The van der Waals surface area contributed by atoms with Crippen molar-refractivity contribution in [2.75, 3.05) is 13.2 Å². The lowest BCUT2D eigenvalue weighted by molar-refractivity contribution is -0.156. The Labute approximate surface area is 64.2 Å². The van der Waals surface area contributed by atoms with Gasteiger partial charge in [-0.05, 0) is 6.92 Å². The average Bonchev–Trinajstić information content (AvgIpc) is 1.99. The van der Waals surface area contributed by atoms with Gasteiger partial charge in [0.15, 0.2) is 0 Å². The predicted octanol–water partition coefficient (Wildman–Crippen LogP) is -1.74. The van der Waals surface area contributed by atoms with Crippen molar-refractivity contribution in [2.24, 2.45) is 0 Å². The maximum Gasteiger partial charge on any atom is 0.334 e. The summed E-state index contributed by atoms with van der Waals surface area (Å²) < 4.78 is 4.36. The van der Waals surface area contributed by atoms with Crippen LogP contribution in [0.25, 0.3) is 0 Å². The Hall–Kier alpha value is -0.650. The molecule has 1 unspecified atom stereocenters. The van der Waals surface area contributed by atoms with E-state index in [0.717, 1.165) is 0 Å². The van der Waals surface area contributed by atoms with E-state index >= 15 is 0 Å². The first-order valence-corrected chi connectivity index (χ1v) is 3.21. The highest BCUT2D eigenvalue weighted by molar-refractivity contribution is 5.73. The smallest absolute Gasteiger partial charge is 0.334 e. The summed E-state index contributed by atoms with van der Waals surface area (Å²) in [6.07, 6.45) is -2.27. The highest BCUT2D eigenvalue weighted by Crippen LogP contribution is 1.89. The lowest BCUT2D eigenvalue weighted by Gasteiger charge is -2.09. The second kappa shape index (κ2) is 5.06. The normalized spacial score (nSPS) is 15.6. The van der Waals surface area contributed by atoms with E-state index < -0.39 is 24.8 Å². The molecule has 66 valence electrons. The van der Waals surface area contributed by atoms with E-state index in [4.69, 9.17) is 15.3 Å². The minimum absolute atomic E-state index is 0.291. The summed E-state index contributed by atoms with van der Waals surface area (Å²) in [4.78, 5) is 10.5. The van der Waals surface area contributed by atoms with E-state index in [1.807, 2.05) is 0 Å². The van der Waals surface area contributed by atoms with Crippen molar-refractivity contribution in [3.05, 3.63) is 0 Å². The van der Waals surface area contributed by atoms with Crippen LogP contribution in [0.1, 0.15) is 6.92 Å². The molecule has 3 N–H and O–H groups in total. The molecular formula is C6H12O5. The second-order valence-corrected chi connectivity index (χ2v) is 2.14. The molecular weight excluding hydrogens is 152 g/mol. The third kappa shape index (κ3) is 4.72. The molecule has 0 amide bonds. The quantitative estimate of drug-likeness (QED) is 0.429. The molecule has 2 atom stereocenters. The Kier molecular flexibility index (Phi) is 4.76. The molecule has 0 aromatic rings. The van der Waals surface area contributed by atoms with Crippen LogP contribution >= 0.6 is 0 Å². The third-order valence-electron chi connectivity index (χ3n) is 0.970. The number of hydrogen-bond donors (Lipinski definition) is 3. The summed E-state index contributed by atoms with van der Waals surface area (Å²) in [5, 5.41) is 25.6. The first kappa shape index (κ1) is 10.3. The molecule has 5 nitrogen and oxygen atoms in total. The Morgan fingerprint density at radius 2 is 2.09 bits per heavy atom. The van der Waals surface area contributed by atoms with Gasteiger partial charge in [-0.15, -0.1) is 0 Å². The number of carbonyl (C=O) groups excluding carboxylic acids is 1. The molecule has 0 rings (SSSR count). The van der Waals surface area contributed by atoms with Gasteiger partial charge in [0.25, 0.3) is 0 Å². The molecule has 0 saturated heterocycles. The number of carbonyl (C=O) groups is 1. The van der Waals surface area contributed by atoms with Gasteiger partial charge in [0.1, 0.15) is 18.8 Å². The molecule has 11 heavy (non-hydrogen) atoms. The van der Waals surface area contributed by atoms with E-state index in [9.17, 15) is 4.79 Å². The molecule has 0 aromatic carbocycles. The molecule has 0 aromatic heterocycles. The Bertz CT molecular complexity index is 122.